The van der Waals surface area contributed by atoms with Crippen molar-refractivity contribution >= 4 is 0 Å². The Morgan fingerprint density at radius 2 is 2.00 bits per heavy atom. The molecule has 5 fully saturated rings. The molecule has 2 heterocycles. The minimum Gasteiger partial charge on any atom is -0.504 e. The minimum absolute atomic E-state index is 0.00458. The van der Waals surface area contributed by atoms with Crippen LogP contribution in [-0.2, 0) is 16.6 Å². The summed E-state index contributed by atoms with van der Waals surface area (Å²) in [5, 5.41) is 10.9. The smallest absolute Gasteiger partial charge is 0.165 e. The number of piperidine rings is 1. The zero-order valence-corrected chi connectivity index (χ0v) is 19.5. The van der Waals surface area contributed by atoms with E-state index in [1.54, 1.807) is 0 Å². The van der Waals surface area contributed by atoms with Gasteiger partial charge in [-0.25, -0.2) is 0 Å². The van der Waals surface area contributed by atoms with Crippen molar-refractivity contribution in [1.29, 1.82) is 0 Å². The molecular weight excluding hydrogens is 386 g/mol. The van der Waals surface area contributed by atoms with Crippen molar-refractivity contribution in [3.63, 3.8) is 0 Å². The van der Waals surface area contributed by atoms with Crippen LogP contribution in [0.4, 0.5) is 0 Å². The molecule has 1 N–H and O–H groups in total. The molecule has 0 radical (unpaired) electrons. The first-order valence-corrected chi connectivity index (χ1v) is 12.6. The highest BCUT2D eigenvalue weighted by Crippen LogP contribution is 2.78. The molecule has 4 heteroatoms. The number of aromatic hydroxyl groups is 1. The highest BCUT2D eigenvalue weighted by molar-refractivity contribution is 5.63. The summed E-state index contributed by atoms with van der Waals surface area (Å²) in [5.41, 5.74) is 2.90. The fourth-order valence-corrected chi connectivity index (χ4v) is 9.42. The predicted octanol–water partition coefficient (Wildman–Crippen LogP) is 4.66. The fraction of sp³-hybridized carbons (Fsp3) is 0.778. The third-order valence-electron chi connectivity index (χ3n) is 10.7. The van der Waals surface area contributed by atoms with Crippen LogP contribution in [0, 0.1) is 22.7 Å². The quantitative estimate of drug-likeness (QED) is 0.768. The molecule has 8 rings (SSSR count). The van der Waals surface area contributed by atoms with E-state index in [2.05, 4.69) is 31.7 Å². The van der Waals surface area contributed by atoms with Gasteiger partial charge in [-0.05, 0) is 80.4 Å². The van der Waals surface area contributed by atoms with Gasteiger partial charge in [-0.1, -0.05) is 26.8 Å². The lowest BCUT2D eigenvalue weighted by Gasteiger charge is -2.75. The van der Waals surface area contributed by atoms with Crippen LogP contribution in [0.25, 0.3) is 0 Å². The highest BCUT2D eigenvalue weighted by atomic mass is 16.6. The Balaban J connectivity index is 1.49. The van der Waals surface area contributed by atoms with Crippen LogP contribution in [0.1, 0.15) is 70.4 Å². The number of methoxy groups -OCH3 is 1. The third kappa shape index (κ3) is 2.02. The lowest BCUT2D eigenvalue weighted by molar-refractivity contribution is -0.292. The minimum atomic E-state index is -0.275. The number of nitrogens with zero attached hydrogens (tertiary/aromatic N) is 1. The average Bonchev–Trinajstić information content (AvgIpc) is 3.47. The standard InChI is InChI=1S/C27H37NO3/c1-24(2,3)19-14-25-9-10-27(19,30-4)23-26(25)11-12-28(15-16-5-6-16)20(25)13-17-7-8-18(29)22(31-23)21(17)26/h7-8,16,19-20,23,29H,5-6,9-15H2,1-4H3/t19-,20-,23-,25-,26+,27-/m1/s1. The van der Waals surface area contributed by atoms with Crippen LogP contribution in [-0.4, -0.2) is 48.0 Å². The average molecular weight is 424 g/mol. The SMILES string of the molecule is CO[C@]12CC[C@@]3(C[C@@H]1C(C)(C)C)[C@H]1Cc4ccc(O)c5c4[C@@]3(CCN1CC1CC1)[C@H]2O5. The molecule has 4 bridgehead atoms. The zero-order chi connectivity index (χ0) is 21.4. The molecule has 6 atom stereocenters. The van der Waals surface area contributed by atoms with E-state index in [0.29, 0.717) is 17.7 Å². The van der Waals surface area contributed by atoms with Gasteiger partial charge in [0.2, 0.25) is 0 Å². The predicted molar refractivity (Wildman–Crippen MR) is 120 cm³/mol. The van der Waals surface area contributed by atoms with Gasteiger partial charge >= 0.3 is 0 Å². The van der Waals surface area contributed by atoms with E-state index in [1.165, 1.54) is 43.4 Å². The van der Waals surface area contributed by atoms with Crippen molar-refractivity contribution in [1.82, 2.24) is 4.90 Å². The number of fused-ring (bicyclic) bond motifs is 2. The Morgan fingerprint density at radius 1 is 1.19 bits per heavy atom. The Bertz CT molecular complexity index is 964. The Hall–Kier alpha value is -1.26. The molecule has 1 aromatic carbocycles. The molecule has 2 spiro atoms. The molecular formula is C27H37NO3. The molecule has 5 aliphatic carbocycles. The molecule has 0 aromatic heterocycles. The lowest BCUT2D eigenvalue weighted by Crippen LogP contribution is -2.81. The first-order valence-electron chi connectivity index (χ1n) is 12.6. The molecule has 1 aromatic rings. The summed E-state index contributed by atoms with van der Waals surface area (Å²) in [6, 6.07) is 4.67. The fourth-order valence-electron chi connectivity index (χ4n) is 9.42. The second-order valence-corrected chi connectivity index (χ2v) is 12.8. The van der Waals surface area contributed by atoms with Crippen LogP contribution in [0.15, 0.2) is 12.1 Å². The number of phenols is 1. The van der Waals surface area contributed by atoms with Crippen molar-refractivity contribution in [2.24, 2.45) is 22.7 Å². The summed E-state index contributed by atoms with van der Waals surface area (Å²) in [7, 11) is 1.92. The van der Waals surface area contributed by atoms with Gasteiger partial charge in [-0.2, -0.15) is 0 Å². The first kappa shape index (κ1) is 19.2. The van der Waals surface area contributed by atoms with E-state index in [-0.39, 0.29) is 27.9 Å². The maximum absolute atomic E-state index is 10.9. The van der Waals surface area contributed by atoms with E-state index < -0.39 is 0 Å². The van der Waals surface area contributed by atoms with Crippen molar-refractivity contribution in [2.75, 3.05) is 20.2 Å². The summed E-state index contributed by atoms with van der Waals surface area (Å²) in [4.78, 5) is 2.89. The van der Waals surface area contributed by atoms with Gasteiger partial charge < -0.3 is 14.6 Å². The number of likely N-dealkylation sites (tertiary alicyclic amines) is 1. The number of benzene rings is 1. The largest absolute Gasteiger partial charge is 0.504 e. The molecule has 0 unspecified atom stereocenters. The Morgan fingerprint density at radius 3 is 2.71 bits per heavy atom. The topological polar surface area (TPSA) is 41.9 Å². The highest BCUT2D eigenvalue weighted by Gasteiger charge is 2.81. The van der Waals surface area contributed by atoms with E-state index in [0.717, 1.165) is 37.5 Å². The van der Waals surface area contributed by atoms with Gasteiger partial charge in [-0.15, -0.1) is 0 Å². The Kier molecular flexibility index (Phi) is 3.49. The van der Waals surface area contributed by atoms with Gasteiger partial charge in [0.15, 0.2) is 11.5 Å². The number of phenolic OH excluding ortho intramolecular Hbond substituents is 1. The number of hydrogen-bond acceptors (Lipinski definition) is 4. The summed E-state index contributed by atoms with van der Waals surface area (Å²) < 4.78 is 13.5. The lowest BCUT2D eigenvalue weighted by atomic mass is 9.33. The Labute approximate surface area is 186 Å². The van der Waals surface area contributed by atoms with Crippen LogP contribution in [0.2, 0.25) is 0 Å². The third-order valence-corrected chi connectivity index (χ3v) is 10.7. The summed E-state index contributed by atoms with van der Waals surface area (Å²) in [5.74, 6) is 2.49. The maximum atomic E-state index is 10.9. The second kappa shape index (κ2) is 5.62. The number of hydrogen-bond donors (Lipinski definition) is 1. The van der Waals surface area contributed by atoms with E-state index >= 15 is 0 Å². The number of rotatable bonds is 3. The molecule has 4 saturated carbocycles. The van der Waals surface area contributed by atoms with Gasteiger partial charge in [0.25, 0.3) is 0 Å². The molecule has 7 aliphatic rings. The van der Waals surface area contributed by atoms with Crippen LogP contribution >= 0.6 is 0 Å². The molecule has 31 heavy (non-hydrogen) atoms. The molecule has 2 aliphatic heterocycles. The first-order chi connectivity index (χ1) is 14.8. The van der Waals surface area contributed by atoms with E-state index in [1.807, 2.05) is 13.2 Å². The van der Waals surface area contributed by atoms with Crippen molar-refractivity contribution < 1.29 is 14.6 Å². The summed E-state index contributed by atoms with van der Waals surface area (Å²) in [6.07, 6.45) is 8.65. The van der Waals surface area contributed by atoms with Crippen molar-refractivity contribution in [2.45, 2.75) is 88.9 Å². The summed E-state index contributed by atoms with van der Waals surface area (Å²) in [6.45, 7) is 9.64. The normalized spacial score (nSPS) is 44.8. The maximum Gasteiger partial charge on any atom is 0.165 e. The van der Waals surface area contributed by atoms with Crippen LogP contribution in [0.3, 0.4) is 0 Å². The van der Waals surface area contributed by atoms with Gasteiger partial charge in [0.1, 0.15) is 11.7 Å². The van der Waals surface area contributed by atoms with Crippen molar-refractivity contribution in [3.8, 4) is 11.5 Å². The molecule has 0 amide bonds. The summed E-state index contributed by atoms with van der Waals surface area (Å²) >= 11 is 0. The molecule has 4 nitrogen and oxygen atoms in total. The van der Waals surface area contributed by atoms with E-state index in [4.69, 9.17) is 9.47 Å². The van der Waals surface area contributed by atoms with E-state index in [9.17, 15) is 5.11 Å². The van der Waals surface area contributed by atoms with Crippen LogP contribution < -0.4 is 4.74 Å². The van der Waals surface area contributed by atoms with Crippen molar-refractivity contribution in [3.05, 3.63) is 23.3 Å². The zero-order valence-electron chi connectivity index (χ0n) is 19.5. The monoisotopic (exact) mass is 423 g/mol. The van der Waals surface area contributed by atoms with Crippen LogP contribution in [0.5, 0.6) is 11.5 Å². The number of ether oxygens (including phenoxy) is 2. The van der Waals surface area contributed by atoms with Gasteiger partial charge in [-0.3, -0.25) is 4.90 Å². The van der Waals surface area contributed by atoms with Gasteiger partial charge in [0, 0.05) is 36.1 Å². The molecule has 168 valence electrons. The second-order valence-electron chi connectivity index (χ2n) is 12.8. The van der Waals surface area contributed by atoms with Gasteiger partial charge in [0.05, 0.1) is 0 Å². The molecule has 1 saturated heterocycles.